The maximum absolute atomic E-state index is 12.6. The lowest BCUT2D eigenvalue weighted by Crippen LogP contribution is -2.32. The molecule has 1 amide bonds. The summed E-state index contributed by atoms with van der Waals surface area (Å²) in [4.78, 5) is 14.4. The molecule has 0 bridgehead atoms. The molecule has 5 heteroatoms. The third-order valence-electron chi connectivity index (χ3n) is 3.94. The van der Waals surface area contributed by atoms with E-state index in [1.807, 2.05) is 42.5 Å². The Labute approximate surface area is 140 Å². The molecule has 1 heterocycles. The monoisotopic (exact) mass is 330 g/mol. The number of amides is 1. The summed E-state index contributed by atoms with van der Waals surface area (Å²) in [5.74, 6) is 0.567. The molecule has 120 valence electrons. The summed E-state index contributed by atoms with van der Waals surface area (Å²) in [6.45, 7) is 1.69. The average Bonchev–Trinajstić information content (AvgIpc) is 3.00. The Kier molecular flexibility index (Phi) is 4.84. The molecule has 1 aliphatic heterocycles. The lowest BCUT2D eigenvalue weighted by atomic mass is 10.1. The number of rotatable bonds is 4. The molecule has 1 saturated heterocycles. The van der Waals surface area contributed by atoms with Gasteiger partial charge in [0.15, 0.2) is 0 Å². The fourth-order valence-corrected chi connectivity index (χ4v) is 2.78. The van der Waals surface area contributed by atoms with Crippen molar-refractivity contribution in [3.63, 3.8) is 0 Å². The Morgan fingerprint density at radius 2 is 1.96 bits per heavy atom. The maximum atomic E-state index is 12.6. The van der Waals surface area contributed by atoms with Gasteiger partial charge in [0.05, 0.1) is 5.56 Å². The van der Waals surface area contributed by atoms with Gasteiger partial charge in [0.25, 0.3) is 5.91 Å². The van der Waals surface area contributed by atoms with Crippen molar-refractivity contribution in [1.82, 2.24) is 4.90 Å². The molecule has 0 saturated carbocycles. The first kappa shape index (κ1) is 15.8. The minimum absolute atomic E-state index is 0.0235. The number of nitrogens with zero attached hydrogens (tertiary/aromatic N) is 1. The number of carbonyl (C=O) groups excluding carboxylic acids is 1. The first-order valence-corrected chi connectivity index (χ1v) is 8.02. The van der Waals surface area contributed by atoms with Crippen LogP contribution in [0.15, 0.2) is 48.5 Å². The molecule has 0 radical (unpaired) electrons. The summed E-state index contributed by atoms with van der Waals surface area (Å²) in [6, 6.07) is 14.9. The van der Waals surface area contributed by atoms with Crippen LogP contribution in [-0.4, -0.2) is 29.9 Å². The van der Waals surface area contributed by atoms with Crippen LogP contribution in [0.2, 0.25) is 5.02 Å². The second-order valence-electron chi connectivity index (χ2n) is 5.71. The minimum atomic E-state index is -0.0235. The van der Waals surface area contributed by atoms with Crippen LogP contribution in [-0.2, 0) is 6.61 Å². The predicted molar refractivity (Wildman–Crippen MR) is 90.7 cm³/mol. The Morgan fingerprint density at radius 3 is 2.65 bits per heavy atom. The van der Waals surface area contributed by atoms with Crippen molar-refractivity contribution < 1.29 is 9.53 Å². The zero-order valence-corrected chi connectivity index (χ0v) is 13.5. The van der Waals surface area contributed by atoms with E-state index in [0.717, 1.165) is 12.0 Å². The molecular formula is C18H19ClN2O2. The van der Waals surface area contributed by atoms with Crippen molar-refractivity contribution in [3.8, 4) is 5.75 Å². The lowest BCUT2D eigenvalue weighted by Gasteiger charge is -2.18. The van der Waals surface area contributed by atoms with Gasteiger partial charge in [-0.1, -0.05) is 35.9 Å². The van der Waals surface area contributed by atoms with Gasteiger partial charge < -0.3 is 15.4 Å². The van der Waals surface area contributed by atoms with E-state index in [-0.39, 0.29) is 11.9 Å². The summed E-state index contributed by atoms with van der Waals surface area (Å²) in [6.07, 6.45) is 0.847. The number of para-hydroxylation sites is 1. The molecule has 3 rings (SSSR count). The van der Waals surface area contributed by atoms with E-state index in [2.05, 4.69) is 0 Å². The average molecular weight is 331 g/mol. The highest BCUT2D eigenvalue weighted by Crippen LogP contribution is 2.23. The molecule has 2 aromatic carbocycles. The number of hydrogen-bond donors (Lipinski definition) is 1. The van der Waals surface area contributed by atoms with E-state index >= 15 is 0 Å². The highest BCUT2D eigenvalue weighted by molar-refractivity contribution is 6.30. The lowest BCUT2D eigenvalue weighted by molar-refractivity contribution is 0.0786. The van der Waals surface area contributed by atoms with E-state index in [9.17, 15) is 4.79 Å². The van der Waals surface area contributed by atoms with E-state index < -0.39 is 0 Å². The molecule has 2 N–H and O–H groups in total. The van der Waals surface area contributed by atoms with Crippen molar-refractivity contribution in [1.29, 1.82) is 0 Å². The summed E-state index contributed by atoms with van der Waals surface area (Å²) in [7, 11) is 0. The molecule has 2 aromatic rings. The molecule has 1 aliphatic rings. The Bertz CT molecular complexity index is 688. The first-order chi connectivity index (χ1) is 11.1. The van der Waals surface area contributed by atoms with Crippen molar-refractivity contribution >= 4 is 17.5 Å². The number of carbonyl (C=O) groups is 1. The number of likely N-dealkylation sites (tertiary alicyclic amines) is 1. The van der Waals surface area contributed by atoms with Crippen LogP contribution < -0.4 is 10.5 Å². The van der Waals surface area contributed by atoms with Gasteiger partial charge in [-0.3, -0.25) is 4.79 Å². The SMILES string of the molecule is N[C@@H]1CCN(C(=O)c2ccccc2OCc2ccc(Cl)cc2)C1. The number of hydrogen-bond acceptors (Lipinski definition) is 3. The third kappa shape index (κ3) is 3.84. The van der Waals surface area contributed by atoms with Crippen LogP contribution >= 0.6 is 11.6 Å². The van der Waals surface area contributed by atoms with Gasteiger partial charge >= 0.3 is 0 Å². The smallest absolute Gasteiger partial charge is 0.257 e. The Balaban J connectivity index is 1.72. The Morgan fingerprint density at radius 1 is 1.22 bits per heavy atom. The largest absolute Gasteiger partial charge is 0.488 e. The third-order valence-corrected chi connectivity index (χ3v) is 4.19. The van der Waals surface area contributed by atoms with Gasteiger partial charge in [-0.15, -0.1) is 0 Å². The molecule has 0 aliphatic carbocycles. The second-order valence-corrected chi connectivity index (χ2v) is 6.15. The fraction of sp³-hybridized carbons (Fsp3) is 0.278. The molecule has 0 spiro atoms. The Hall–Kier alpha value is -2.04. The van der Waals surface area contributed by atoms with Crippen molar-refractivity contribution in [2.45, 2.75) is 19.1 Å². The van der Waals surface area contributed by atoms with Crippen LogP contribution in [0.3, 0.4) is 0 Å². The summed E-state index contributed by atoms with van der Waals surface area (Å²) >= 11 is 5.88. The molecule has 1 atom stereocenters. The quantitative estimate of drug-likeness (QED) is 0.937. The van der Waals surface area contributed by atoms with Gasteiger partial charge in [-0.2, -0.15) is 0 Å². The number of halogens is 1. The van der Waals surface area contributed by atoms with Crippen LogP contribution in [0.4, 0.5) is 0 Å². The van der Waals surface area contributed by atoms with E-state index in [1.54, 1.807) is 11.0 Å². The predicted octanol–water partition coefficient (Wildman–Crippen LogP) is 3.09. The highest BCUT2D eigenvalue weighted by Gasteiger charge is 2.26. The second kappa shape index (κ2) is 7.02. The van der Waals surface area contributed by atoms with Crippen LogP contribution in [0.5, 0.6) is 5.75 Å². The summed E-state index contributed by atoms with van der Waals surface area (Å²) in [5.41, 5.74) is 7.47. The van der Waals surface area contributed by atoms with Crippen molar-refractivity contribution in [2.24, 2.45) is 5.73 Å². The van der Waals surface area contributed by atoms with Gasteiger partial charge in [0.2, 0.25) is 0 Å². The summed E-state index contributed by atoms with van der Waals surface area (Å²) in [5, 5.41) is 0.690. The molecule has 0 unspecified atom stereocenters. The number of nitrogens with two attached hydrogens (primary N) is 1. The topological polar surface area (TPSA) is 55.6 Å². The first-order valence-electron chi connectivity index (χ1n) is 7.64. The van der Waals surface area contributed by atoms with Gasteiger partial charge in [0, 0.05) is 24.2 Å². The normalized spacial score (nSPS) is 17.3. The van der Waals surface area contributed by atoms with Crippen LogP contribution in [0, 0.1) is 0 Å². The minimum Gasteiger partial charge on any atom is -0.488 e. The van der Waals surface area contributed by atoms with E-state index in [0.29, 0.717) is 36.0 Å². The number of ether oxygens (including phenoxy) is 1. The van der Waals surface area contributed by atoms with Gasteiger partial charge in [-0.25, -0.2) is 0 Å². The van der Waals surface area contributed by atoms with Crippen LogP contribution in [0.25, 0.3) is 0 Å². The zero-order chi connectivity index (χ0) is 16.2. The van der Waals surface area contributed by atoms with Gasteiger partial charge in [0.1, 0.15) is 12.4 Å². The van der Waals surface area contributed by atoms with Crippen molar-refractivity contribution in [2.75, 3.05) is 13.1 Å². The maximum Gasteiger partial charge on any atom is 0.257 e. The van der Waals surface area contributed by atoms with E-state index in [1.165, 1.54) is 0 Å². The molecule has 4 nitrogen and oxygen atoms in total. The zero-order valence-electron chi connectivity index (χ0n) is 12.7. The molecule has 0 aromatic heterocycles. The van der Waals surface area contributed by atoms with Crippen LogP contribution in [0.1, 0.15) is 22.3 Å². The van der Waals surface area contributed by atoms with Gasteiger partial charge in [-0.05, 0) is 36.2 Å². The molecule has 23 heavy (non-hydrogen) atoms. The standard InChI is InChI=1S/C18H19ClN2O2/c19-14-7-5-13(6-8-14)12-23-17-4-2-1-3-16(17)18(22)21-10-9-15(20)11-21/h1-8,15H,9-12,20H2/t15-/m1/s1. The number of benzene rings is 2. The fourth-order valence-electron chi connectivity index (χ4n) is 2.65. The highest BCUT2D eigenvalue weighted by atomic mass is 35.5. The van der Waals surface area contributed by atoms with E-state index in [4.69, 9.17) is 22.1 Å². The van der Waals surface area contributed by atoms with Crippen molar-refractivity contribution in [3.05, 3.63) is 64.7 Å². The summed E-state index contributed by atoms with van der Waals surface area (Å²) < 4.78 is 5.85. The molecular weight excluding hydrogens is 312 g/mol. The molecule has 1 fully saturated rings.